The van der Waals surface area contributed by atoms with Gasteiger partial charge in [-0.2, -0.15) is 0 Å². The van der Waals surface area contributed by atoms with E-state index in [-0.39, 0.29) is 11.9 Å². The van der Waals surface area contributed by atoms with Crippen LogP contribution in [-0.4, -0.2) is 23.0 Å². The molecule has 0 saturated carbocycles. The Balaban J connectivity index is 2.22. The zero-order chi connectivity index (χ0) is 13.8. The van der Waals surface area contributed by atoms with Crippen LogP contribution in [0.3, 0.4) is 0 Å². The minimum atomic E-state index is -0.378. The van der Waals surface area contributed by atoms with Crippen molar-refractivity contribution in [3.63, 3.8) is 0 Å². The minimum absolute atomic E-state index is 0.136. The Morgan fingerprint density at radius 2 is 2.05 bits per heavy atom. The summed E-state index contributed by atoms with van der Waals surface area (Å²) in [6.07, 6.45) is 2.82. The van der Waals surface area contributed by atoms with Crippen LogP contribution < -0.4 is 15.8 Å². The maximum absolute atomic E-state index is 12.1. The summed E-state index contributed by atoms with van der Waals surface area (Å²) in [5.41, 5.74) is 6.09. The van der Waals surface area contributed by atoms with Crippen molar-refractivity contribution in [3.05, 3.63) is 41.2 Å². The number of anilines is 2. The first-order chi connectivity index (χ1) is 9.10. The second-order valence-electron chi connectivity index (χ2n) is 3.63. The summed E-state index contributed by atoms with van der Waals surface area (Å²) in [7, 11) is 1.51. The van der Waals surface area contributed by atoms with Crippen molar-refractivity contribution < 1.29 is 9.53 Å². The number of nitrogen functional groups attached to an aromatic ring is 1. The molecular formula is C12H11ClN4O2. The molecule has 0 fully saturated rings. The molecule has 3 N–H and O–H groups in total. The van der Waals surface area contributed by atoms with Gasteiger partial charge in [0, 0.05) is 0 Å². The lowest BCUT2D eigenvalue weighted by atomic mass is 10.2. The van der Waals surface area contributed by atoms with Gasteiger partial charge in [0.25, 0.3) is 5.91 Å². The molecule has 0 aliphatic heterocycles. The molecule has 2 rings (SSSR count). The number of hydrogen-bond acceptors (Lipinski definition) is 5. The molecule has 2 aromatic rings. The third kappa shape index (κ3) is 3.11. The van der Waals surface area contributed by atoms with Crippen molar-refractivity contribution in [1.82, 2.24) is 9.97 Å². The highest BCUT2D eigenvalue weighted by molar-refractivity contribution is 6.34. The molecule has 0 aliphatic carbocycles. The Morgan fingerprint density at radius 1 is 1.37 bits per heavy atom. The van der Waals surface area contributed by atoms with Crippen molar-refractivity contribution in [1.29, 1.82) is 0 Å². The number of nitrogens with zero attached hydrogens (tertiary/aromatic N) is 2. The average Bonchev–Trinajstić information content (AvgIpc) is 2.42. The van der Waals surface area contributed by atoms with Gasteiger partial charge in [-0.25, -0.2) is 9.97 Å². The number of rotatable bonds is 3. The van der Waals surface area contributed by atoms with Crippen LogP contribution >= 0.6 is 11.6 Å². The molecule has 0 aliphatic rings. The van der Waals surface area contributed by atoms with Crippen molar-refractivity contribution in [3.8, 4) is 5.75 Å². The maximum Gasteiger partial charge on any atom is 0.257 e. The molecule has 0 unspecified atom stereocenters. The van der Waals surface area contributed by atoms with E-state index in [0.717, 1.165) is 0 Å². The normalized spacial score (nSPS) is 10.0. The summed E-state index contributed by atoms with van der Waals surface area (Å²) >= 11 is 5.97. The van der Waals surface area contributed by atoms with E-state index in [1.165, 1.54) is 19.5 Å². The minimum Gasteiger partial charge on any atom is -0.497 e. The highest BCUT2D eigenvalue weighted by Gasteiger charge is 2.12. The summed E-state index contributed by atoms with van der Waals surface area (Å²) in [6, 6.07) is 4.82. The van der Waals surface area contributed by atoms with Gasteiger partial charge in [0.2, 0.25) is 5.95 Å². The van der Waals surface area contributed by atoms with Crippen LogP contribution in [0.2, 0.25) is 5.02 Å². The maximum atomic E-state index is 12.1. The van der Waals surface area contributed by atoms with Gasteiger partial charge in [-0.05, 0) is 18.2 Å². The Bertz CT molecular complexity index is 601. The zero-order valence-corrected chi connectivity index (χ0v) is 10.8. The SMILES string of the molecule is COc1ccc(Cl)c(C(=O)Nc2cnc(N)nc2)c1. The van der Waals surface area contributed by atoms with E-state index < -0.39 is 0 Å². The van der Waals surface area contributed by atoms with Gasteiger partial charge in [0.15, 0.2) is 0 Å². The number of carbonyl (C=O) groups excluding carboxylic acids is 1. The van der Waals surface area contributed by atoms with E-state index in [0.29, 0.717) is 22.0 Å². The average molecular weight is 279 g/mol. The van der Waals surface area contributed by atoms with Gasteiger partial charge in [0.05, 0.1) is 35.8 Å². The van der Waals surface area contributed by atoms with Crippen LogP contribution in [0.25, 0.3) is 0 Å². The third-order valence-electron chi connectivity index (χ3n) is 2.35. The van der Waals surface area contributed by atoms with Crippen LogP contribution in [0.1, 0.15) is 10.4 Å². The summed E-state index contributed by atoms with van der Waals surface area (Å²) < 4.78 is 5.05. The van der Waals surface area contributed by atoms with Crippen LogP contribution in [0.15, 0.2) is 30.6 Å². The Kier molecular flexibility index (Phi) is 3.82. The second-order valence-corrected chi connectivity index (χ2v) is 4.04. The first kappa shape index (κ1) is 13.1. The van der Waals surface area contributed by atoms with Gasteiger partial charge < -0.3 is 15.8 Å². The molecule has 1 aromatic carbocycles. The van der Waals surface area contributed by atoms with Gasteiger partial charge >= 0.3 is 0 Å². The molecule has 0 atom stereocenters. The number of ether oxygens (including phenoxy) is 1. The van der Waals surface area contributed by atoms with Crippen molar-refractivity contribution in [2.24, 2.45) is 0 Å². The Morgan fingerprint density at radius 3 is 2.68 bits per heavy atom. The molecule has 0 saturated heterocycles. The Labute approximate surface area is 114 Å². The molecule has 1 amide bonds. The van der Waals surface area contributed by atoms with Crippen molar-refractivity contribution in [2.75, 3.05) is 18.2 Å². The number of carbonyl (C=O) groups is 1. The smallest absolute Gasteiger partial charge is 0.257 e. The molecular weight excluding hydrogens is 268 g/mol. The summed E-state index contributed by atoms with van der Waals surface area (Å²) in [5, 5.41) is 2.95. The van der Waals surface area contributed by atoms with Crippen LogP contribution in [0.5, 0.6) is 5.75 Å². The quantitative estimate of drug-likeness (QED) is 0.896. The molecule has 98 valence electrons. The third-order valence-corrected chi connectivity index (χ3v) is 2.68. The summed E-state index contributed by atoms with van der Waals surface area (Å²) in [6.45, 7) is 0. The van der Waals surface area contributed by atoms with E-state index in [1.54, 1.807) is 18.2 Å². The molecule has 7 heteroatoms. The predicted octanol–water partition coefficient (Wildman–Crippen LogP) is 1.97. The number of nitrogens with two attached hydrogens (primary N) is 1. The van der Waals surface area contributed by atoms with Crippen LogP contribution in [0, 0.1) is 0 Å². The number of amides is 1. The first-order valence-corrected chi connectivity index (χ1v) is 5.70. The van der Waals surface area contributed by atoms with Crippen molar-refractivity contribution >= 4 is 29.1 Å². The van der Waals surface area contributed by atoms with E-state index >= 15 is 0 Å². The molecule has 0 spiro atoms. The summed E-state index contributed by atoms with van der Waals surface area (Å²) in [5.74, 6) is 0.304. The van der Waals surface area contributed by atoms with E-state index in [1.807, 2.05) is 0 Å². The second kappa shape index (κ2) is 5.53. The van der Waals surface area contributed by atoms with E-state index in [2.05, 4.69) is 15.3 Å². The number of benzene rings is 1. The van der Waals surface area contributed by atoms with Crippen molar-refractivity contribution in [2.45, 2.75) is 0 Å². The predicted molar refractivity (Wildman–Crippen MR) is 72.4 cm³/mol. The lowest BCUT2D eigenvalue weighted by Crippen LogP contribution is -2.13. The van der Waals surface area contributed by atoms with Gasteiger partial charge in [0.1, 0.15) is 5.75 Å². The topological polar surface area (TPSA) is 90.1 Å². The fraction of sp³-hybridized carbons (Fsp3) is 0.0833. The number of nitrogens with one attached hydrogen (secondary N) is 1. The molecule has 0 radical (unpaired) electrons. The van der Waals surface area contributed by atoms with E-state index in [4.69, 9.17) is 22.1 Å². The molecule has 0 bridgehead atoms. The van der Waals surface area contributed by atoms with Crippen LogP contribution in [-0.2, 0) is 0 Å². The first-order valence-electron chi connectivity index (χ1n) is 5.32. The molecule has 1 aromatic heterocycles. The monoisotopic (exact) mass is 278 g/mol. The van der Waals surface area contributed by atoms with Gasteiger partial charge in [-0.1, -0.05) is 11.6 Å². The Hall–Kier alpha value is -2.34. The number of methoxy groups -OCH3 is 1. The highest BCUT2D eigenvalue weighted by Crippen LogP contribution is 2.22. The van der Waals surface area contributed by atoms with E-state index in [9.17, 15) is 4.79 Å². The zero-order valence-electron chi connectivity index (χ0n) is 10.1. The molecule has 6 nitrogen and oxygen atoms in total. The van der Waals surface area contributed by atoms with Gasteiger partial charge in [-0.15, -0.1) is 0 Å². The lowest BCUT2D eigenvalue weighted by molar-refractivity contribution is 0.102. The highest BCUT2D eigenvalue weighted by atomic mass is 35.5. The molecule has 19 heavy (non-hydrogen) atoms. The standard InChI is InChI=1S/C12H11ClN4O2/c1-19-8-2-3-10(13)9(4-8)11(18)17-7-5-15-12(14)16-6-7/h2-6H,1H3,(H,17,18)(H2,14,15,16). The largest absolute Gasteiger partial charge is 0.497 e. The van der Waals surface area contributed by atoms with Gasteiger partial charge in [-0.3, -0.25) is 4.79 Å². The lowest BCUT2D eigenvalue weighted by Gasteiger charge is -2.08. The number of aromatic nitrogens is 2. The van der Waals surface area contributed by atoms with Crippen LogP contribution in [0.4, 0.5) is 11.6 Å². The molecule has 1 heterocycles. The number of hydrogen-bond donors (Lipinski definition) is 2. The fourth-order valence-electron chi connectivity index (χ4n) is 1.41. The summed E-state index contributed by atoms with van der Waals surface area (Å²) in [4.78, 5) is 19.6. The number of halogens is 1. The fourth-order valence-corrected chi connectivity index (χ4v) is 1.61.